The summed E-state index contributed by atoms with van der Waals surface area (Å²) in [5.74, 6) is 5.47. The van der Waals surface area contributed by atoms with Crippen LogP contribution in [0, 0.1) is 0 Å². The second-order valence-corrected chi connectivity index (χ2v) is 3.36. The average molecular weight is 232 g/mol. The fourth-order valence-electron chi connectivity index (χ4n) is 1.31. The lowest BCUT2D eigenvalue weighted by molar-refractivity contribution is 0.0951. The number of pyridine rings is 1. The molecule has 5 N–H and O–H groups in total. The molecule has 0 saturated carbocycles. The molecule has 0 fully saturated rings. The highest BCUT2D eigenvalue weighted by Crippen LogP contribution is 2.05. The van der Waals surface area contributed by atoms with Crippen molar-refractivity contribution in [3.63, 3.8) is 0 Å². The predicted octanol–water partition coefficient (Wildman–Crippen LogP) is 0.0203. The summed E-state index contributed by atoms with van der Waals surface area (Å²) in [4.78, 5) is 15.7. The third-order valence-electron chi connectivity index (χ3n) is 2.18. The van der Waals surface area contributed by atoms with Crippen molar-refractivity contribution in [3.8, 4) is 0 Å². The zero-order valence-corrected chi connectivity index (χ0v) is 8.97. The Balaban J connectivity index is 1.99. The third kappa shape index (κ3) is 2.79. The Morgan fingerprint density at radius 2 is 2.41 bits per heavy atom. The van der Waals surface area contributed by atoms with Crippen molar-refractivity contribution in [2.45, 2.75) is 6.54 Å². The fraction of sp³-hybridized carbons (Fsp3) is 0.100. The lowest BCUT2D eigenvalue weighted by Gasteiger charge is -2.04. The summed E-state index contributed by atoms with van der Waals surface area (Å²) in [5, 5.41) is 9.22. The van der Waals surface area contributed by atoms with Crippen LogP contribution in [0.25, 0.3) is 0 Å². The molecule has 0 saturated heterocycles. The zero-order chi connectivity index (χ0) is 12.1. The summed E-state index contributed by atoms with van der Waals surface area (Å²) in [6.45, 7) is 0.420. The zero-order valence-electron chi connectivity index (χ0n) is 8.97. The van der Waals surface area contributed by atoms with E-state index >= 15 is 0 Å². The molecule has 17 heavy (non-hydrogen) atoms. The van der Waals surface area contributed by atoms with E-state index in [2.05, 4.69) is 25.9 Å². The summed E-state index contributed by atoms with van der Waals surface area (Å²) in [6, 6.07) is 3.19. The highest BCUT2D eigenvalue weighted by Gasteiger charge is 2.06. The molecule has 2 aromatic rings. The van der Waals surface area contributed by atoms with Gasteiger partial charge in [0.2, 0.25) is 0 Å². The van der Waals surface area contributed by atoms with E-state index < -0.39 is 0 Å². The minimum Gasteiger partial charge on any atom is -0.348 e. The van der Waals surface area contributed by atoms with Gasteiger partial charge in [0.15, 0.2) is 0 Å². The van der Waals surface area contributed by atoms with Gasteiger partial charge >= 0.3 is 0 Å². The first kappa shape index (κ1) is 11.1. The molecular weight excluding hydrogens is 220 g/mol. The van der Waals surface area contributed by atoms with Gasteiger partial charge in [0.25, 0.3) is 5.91 Å². The van der Waals surface area contributed by atoms with E-state index in [1.165, 1.54) is 6.20 Å². The molecule has 0 atom stereocenters. The topological polar surface area (TPSA) is 109 Å². The molecule has 0 aromatic carbocycles. The van der Waals surface area contributed by atoms with Gasteiger partial charge in [-0.3, -0.25) is 9.89 Å². The van der Waals surface area contributed by atoms with Gasteiger partial charge in [0.1, 0.15) is 5.82 Å². The molecule has 0 unspecified atom stereocenters. The molecule has 0 aliphatic carbocycles. The Kier molecular flexibility index (Phi) is 3.31. The van der Waals surface area contributed by atoms with Gasteiger partial charge in [-0.2, -0.15) is 5.10 Å². The van der Waals surface area contributed by atoms with Crippen LogP contribution in [0.15, 0.2) is 30.7 Å². The van der Waals surface area contributed by atoms with Gasteiger partial charge in [-0.05, 0) is 12.1 Å². The Labute approximate surface area is 97.4 Å². The van der Waals surface area contributed by atoms with E-state index in [-0.39, 0.29) is 5.91 Å². The Morgan fingerprint density at radius 1 is 1.53 bits per heavy atom. The smallest absolute Gasteiger partial charge is 0.251 e. The van der Waals surface area contributed by atoms with Crippen LogP contribution in [0.5, 0.6) is 0 Å². The van der Waals surface area contributed by atoms with Gasteiger partial charge in [0.05, 0.1) is 6.20 Å². The molecule has 0 aliphatic heterocycles. The van der Waals surface area contributed by atoms with Crippen LogP contribution in [0.4, 0.5) is 5.82 Å². The van der Waals surface area contributed by atoms with Crippen LogP contribution in [0.1, 0.15) is 15.9 Å². The normalized spacial score (nSPS) is 9.94. The number of nitrogens with two attached hydrogens (primary N) is 1. The maximum atomic E-state index is 11.8. The van der Waals surface area contributed by atoms with Gasteiger partial charge in [-0.1, -0.05) is 0 Å². The first-order chi connectivity index (χ1) is 8.29. The molecule has 88 valence electrons. The molecule has 0 bridgehead atoms. The number of anilines is 1. The fourth-order valence-corrected chi connectivity index (χ4v) is 1.31. The third-order valence-corrected chi connectivity index (χ3v) is 2.18. The number of carbonyl (C=O) groups excluding carboxylic acids is 1. The van der Waals surface area contributed by atoms with E-state index in [1.54, 1.807) is 24.5 Å². The molecule has 2 aromatic heterocycles. The summed E-state index contributed by atoms with van der Waals surface area (Å²) in [6.07, 6.45) is 4.89. The van der Waals surface area contributed by atoms with Crippen molar-refractivity contribution in [2.24, 2.45) is 5.84 Å². The molecular formula is C10H12N6O. The highest BCUT2D eigenvalue weighted by molar-refractivity contribution is 5.94. The van der Waals surface area contributed by atoms with Crippen molar-refractivity contribution in [1.82, 2.24) is 20.5 Å². The second-order valence-electron chi connectivity index (χ2n) is 3.36. The quantitative estimate of drug-likeness (QED) is 0.439. The lowest BCUT2D eigenvalue weighted by Crippen LogP contribution is -2.23. The summed E-state index contributed by atoms with van der Waals surface area (Å²) in [7, 11) is 0. The number of nitrogen functional groups attached to an aromatic ring is 1. The number of hydrogen-bond donors (Lipinski definition) is 4. The number of H-pyrrole nitrogens is 1. The van der Waals surface area contributed by atoms with Gasteiger partial charge < -0.3 is 10.7 Å². The van der Waals surface area contributed by atoms with Crippen molar-refractivity contribution < 1.29 is 4.79 Å². The second kappa shape index (κ2) is 5.08. The predicted molar refractivity (Wildman–Crippen MR) is 61.8 cm³/mol. The minimum absolute atomic E-state index is 0.190. The van der Waals surface area contributed by atoms with E-state index in [0.29, 0.717) is 17.9 Å². The standard InChI is InChI=1S/C10H12N6O/c11-16-9-3-8(1-2-12-9)10(17)13-4-7-5-14-15-6-7/h1-3,5-6H,4,11H2,(H,12,16)(H,13,17)(H,14,15). The summed E-state index contributed by atoms with van der Waals surface area (Å²) >= 11 is 0. The van der Waals surface area contributed by atoms with Crippen LogP contribution >= 0.6 is 0 Å². The highest BCUT2D eigenvalue weighted by atomic mass is 16.1. The number of rotatable bonds is 4. The first-order valence-corrected chi connectivity index (χ1v) is 4.98. The van der Waals surface area contributed by atoms with Crippen molar-refractivity contribution in [2.75, 3.05) is 5.43 Å². The number of amides is 1. The van der Waals surface area contributed by atoms with Crippen LogP contribution in [0.2, 0.25) is 0 Å². The minimum atomic E-state index is -0.190. The molecule has 0 spiro atoms. The molecule has 0 aliphatic rings. The van der Waals surface area contributed by atoms with E-state index in [0.717, 1.165) is 5.56 Å². The van der Waals surface area contributed by atoms with Crippen LogP contribution in [0.3, 0.4) is 0 Å². The number of hydrogen-bond acceptors (Lipinski definition) is 5. The average Bonchev–Trinajstić information content (AvgIpc) is 2.89. The van der Waals surface area contributed by atoms with Crippen molar-refractivity contribution >= 4 is 11.7 Å². The maximum Gasteiger partial charge on any atom is 0.251 e. The molecule has 0 radical (unpaired) electrons. The van der Waals surface area contributed by atoms with Crippen LogP contribution in [-0.2, 0) is 6.54 Å². The lowest BCUT2D eigenvalue weighted by atomic mass is 10.2. The van der Waals surface area contributed by atoms with Gasteiger partial charge in [-0.25, -0.2) is 10.8 Å². The number of aromatic amines is 1. The Bertz CT molecular complexity index is 495. The number of aromatic nitrogens is 3. The number of nitrogens with one attached hydrogen (secondary N) is 3. The number of hydrazine groups is 1. The first-order valence-electron chi connectivity index (χ1n) is 4.98. The number of nitrogens with zero attached hydrogens (tertiary/aromatic N) is 2. The molecule has 2 rings (SSSR count). The maximum absolute atomic E-state index is 11.8. The summed E-state index contributed by atoms with van der Waals surface area (Å²) < 4.78 is 0. The van der Waals surface area contributed by atoms with Crippen molar-refractivity contribution in [1.29, 1.82) is 0 Å². The monoisotopic (exact) mass is 232 g/mol. The van der Waals surface area contributed by atoms with E-state index in [4.69, 9.17) is 5.84 Å². The van der Waals surface area contributed by atoms with E-state index in [9.17, 15) is 4.79 Å². The van der Waals surface area contributed by atoms with Crippen LogP contribution in [-0.4, -0.2) is 21.1 Å². The summed E-state index contributed by atoms with van der Waals surface area (Å²) in [5.41, 5.74) is 3.79. The van der Waals surface area contributed by atoms with Crippen molar-refractivity contribution in [3.05, 3.63) is 41.9 Å². The van der Waals surface area contributed by atoms with Gasteiger partial charge in [0, 0.05) is 30.1 Å². The molecule has 2 heterocycles. The number of carbonyl (C=O) groups is 1. The van der Waals surface area contributed by atoms with Gasteiger partial charge in [-0.15, -0.1) is 0 Å². The molecule has 7 nitrogen and oxygen atoms in total. The Hall–Kier alpha value is -2.41. The van der Waals surface area contributed by atoms with Crippen LogP contribution < -0.4 is 16.6 Å². The Morgan fingerprint density at radius 3 is 3.12 bits per heavy atom. The molecule has 1 amide bonds. The van der Waals surface area contributed by atoms with E-state index in [1.807, 2.05) is 0 Å². The molecule has 7 heteroatoms. The SMILES string of the molecule is NNc1cc(C(=O)NCc2cn[nH]c2)ccn1. The largest absolute Gasteiger partial charge is 0.348 e.